The van der Waals surface area contributed by atoms with E-state index in [1.165, 1.54) is 44.5 Å². The molecule has 0 amide bonds. The second kappa shape index (κ2) is 3.23. The van der Waals surface area contributed by atoms with Crippen molar-refractivity contribution in [3.8, 4) is 11.1 Å². The van der Waals surface area contributed by atoms with E-state index in [0.717, 1.165) is 6.42 Å². The highest BCUT2D eigenvalue weighted by atomic mass is 14.3. The van der Waals surface area contributed by atoms with Crippen LogP contribution in [0.15, 0.2) is 48.6 Å². The van der Waals surface area contributed by atoms with Gasteiger partial charge in [0.05, 0.1) is 0 Å². The Hall–Kier alpha value is -2.08. The maximum atomic E-state index is 4.26. The van der Waals surface area contributed by atoms with Crippen molar-refractivity contribution in [2.75, 3.05) is 0 Å². The van der Waals surface area contributed by atoms with Crippen LogP contribution < -0.4 is 0 Å². The molecule has 2 aliphatic rings. The fraction of sp³-hybridized carbons (Fsp3) is 0.111. The highest BCUT2D eigenvalue weighted by Crippen LogP contribution is 2.45. The summed E-state index contributed by atoms with van der Waals surface area (Å²) >= 11 is 0. The Morgan fingerprint density at radius 3 is 2.56 bits per heavy atom. The van der Waals surface area contributed by atoms with Gasteiger partial charge >= 0.3 is 0 Å². The van der Waals surface area contributed by atoms with Crippen molar-refractivity contribution in [2.45, 2.75) is 13.3 Å². The van der Waals surface area contributed by atoms with Crippen molar-refractivity contribution in [3.63, 3.8) is 0 Å². The first-order chi connectivity index (χ1) is 8.74. The molecule has 0 saturated heterocycles. The monoisotopic (exact) mass is 230 g/mol. The number of benzene rings is 2. The minimum atomic E-state index is 1.09. The molecule has 0 N–H and O–H groups in total. The molecule has 4 rings (SSSR count). The normalized spacial score (nSPS) is 15.2. The molecular formula is C18H14. The van der Waals surface area contributed by atoms with Crippen molar-refractivity contribution >= 4 is 11.6 Å². The fourth-order valence-electron chi connectivity index (χ4n) is 3.16. The number of hydrogen-bond donors (Lipinski definition) is 0. The van der Waals surface area contributed by atoms with Crippen LogP contribution in [0.3, 0.4) is 0 Å². The molecule has 18 heavy (non-hydrogen) atoms. The van der Waals surface area contributed by atoms with E-state index in [9.17, 15) is 0 Å². The molecule has 0 radical (unpaired) electrons. The first-order valence-electron chi connectivity index (χ1n) is 6.37. The molecule has 0 unspecified atom stereocenters. The molecule has 0 nitrogen and oxygen atoms in total. The van der Waals surface area contributed by atoms with Gasteiger partial charge < -0.3 is 0 Å². The van der Waals surface area contributed by atoms with E-state index in [0.29, 0.717) is 0 Å². The third-order valence-electron chi connectivity index (χ3n) is 4.02. The van der Waals surface area contributed by atoms with E-state index in [2.05, 4.69) is 56.0 Å². The van der Waals surface area contributed by atoms with Gasteiger partial charge in [0.25, 0.3) is 0 Å². The van der Waals surface area contributed by atoms with Crippen LogP contribution in [0.1, 0.15) is 29.2 Å². The van der Waals surface area contributed by atoms with Gasteiger partial charge in [0.15, 0.2) is 0 Å². The quantitative estimate of drug-likeness (QED) is 0.525. The van der Waals surface area contributed by atoms with Gasteiger partial charge in [-0.1, -0.05) is 42.5 Å². The topological polar surface area (TPSA) is 0 Å². The lowest BCUT2D eigenvalue weighted by Crippen LogP contribution is -1.87. The molecule has 0 bridgehead atoms. The zero-order valence-corrected chi connectivity index (χ0v) is 10.5. The van der Waals surface area contributed by atoms with Crippen molar-refractivity contribution in [1.82, 2.24) is 0 Å². The molecule has 0 spiro atoms. The summed E-state index contributed by atoms with van der Waals surface area (Å²) in [6, 6.07) is 13.2. The Morgan fingerprint density at radius 2 is 1.72 bits per heavy atom. The van der Waals surface area contributed by atoms with E-state index >= 15 is 0 Å². The third kappa shape index (κ3) is 1.15. The number of fused-ring (bicyclic) bond motifs is 4. The molecule has 2 aromatic carbocycles. The van der Waals surface area contributed by atoms with Crippen LogP contribution in [0, 0.1) is 0 Å². The maximum absolute atomic E-state index is 4.26. The van der Waals surface area contributed by atoms with Gasteiger partial charge in [0.1, 0.15) is 0 Å². The van der Waals surface area contributed by atoms with Crippen LogP contribution in [0.5, 0.6) is 0 Å². The Bertz CT molecular complexity index is 730. The van der Waals surface area contributed by atoms with Crippen LogP contribution in [-0.2, 0) is 6.42 Å². The summed E-state index contributed by atoms with van der Waals surface area (Å²) < 4.78 is 0. The lowest BCUT2D eigenvalue weighted by molar-refractivity contribution is 1.20. The van der Waals surface area contributed by atoms with Crippen LogP contribution in [-0.4, -0.2) is 0 Å². The van der Waals surface area contributed by atoms with Gasteiger partial charge in [-0.05, 0) is 64.4 Å². The molecule has 0 atom stereocenters. The van der Waals surface area contributed by atoms with E-state index in [-0.39, 0.29) is 0 Å². The highest BCUT2D eigenvalue weighted by molar-refractivity contribution is 6.01. The molecule has 86 valence electrons. The molecule has 0 saturated carbocycles. The summed E-state index contributed by atoms with van der Waals surface area (Å²) in [4.78, 5) is 0. The van der Waals surface area contributed by atoms with E-state index < -0.39 is 0 Å². The summed E-state index contributed by atoms with van der Waals surface area (Å²) in [7, 11) is 0. The van der Waals surface area contributed by atoms with Gasteiger partial charge in [-0.15, -0.1) is 0 Å². The predicted octanol–water partition coefficient (Wildman–Crippen LogP) is 4.69. The number of hydrogen-bond acceptors (Lipinski definition) is 0. The minimum absolute atomic E-state index is 1.09. The Balaban J connectivity index is 2.02. The first kappa shape index (κ1) is 9.90. The summed E-state index contributed by atoms with van der Waals surface area (Å²) in [5.74, 6) is 0. The Morgan fingerprint density at radius 1 is 0.944 bits per heavy atom. The van der Waals surface area contributed by atoms with E-state index in [4.69, 9.17) is 0 Å². The highest BCUT2D eigenvalue weighted by Gasteiger charge is 2.24. The average molecular weight is 230 g/mol. The van der Waals surface area contributed by atoms with Crippen LogP contribution >= 0.6 is 0 Å². The van der Waals surface area contributed by atoms with Gasteiger partial charge in [-0.3, -0.25) is 0 Å². The van der Waals surface area contributed by atoms with Crippen LogP contribution in [0.2, 0.25) is 0 Å². The molecule has 0 aliphatic heterocycles. The van der Waals surface area contributed by atoms with E-state index in [1.54, 1.807) is 0 Å². The second-order valence-corrected chi connectivity index (χ2v) is 5.29. The van der Waals surface area contributed by atoms with Gasteiger partial charge in [0.2, 0.25) is 0 Å². The fourth-order valence-corrected chi connectivity index (χ4v) is 3.16. The van der Waals surface area contributed by atoms with Crippen molar-refractivity contribution in [2.24, 2.45) is 0 Å². The second-order valence-electron chi connectivity index (χ2n) is 5.29. The molecule has 0 aromatic heterocycles. The summed E-state index contributed by atoms with van der Waals surface area (Å²) in [6.07, 6.45) is 3.39. The minimum Gasteiger partial charge on any atom is -0.0905 e. The van der Waals surface area contributed by atoms with Crippen LogP contribution in [0.25, 0.3) is 22.8 Å². The van der Waals surface area contributed by atoms with Crippen molar-refractivity contribution in [1.29, 1.82) is 0 Å². The standard InChI is InChI=1S/C18H14/c1-11-7-13-9-17-12(2)15-5-3-4-6-16(15)18(17)10-14(13)8-11/h3-7,9-10H,2,8H2,1H3. The SMILES string of the molecule is C=C1c2ccccc2-c2cc3c(cc21)C=C(C)C3. The summed E-state index contributed by atoms with van der Waals surface area (Å²) in [5, 5.41) is 0. The van der Waals surface area contributed by atoms with Crippen LogP contribution in [0.4, 0.5) is 0 Å². The van der Waals surface area contributed by atoms with Crippen molar-refractivity contribution in [3.05, 3.63) is 70.8 Å². The summed E-state index contributed by atoms with van der Waals surface area (Å²) in [6.45, 7) is 6.46. The lowest BCUT2D eigenvalue weighted by atomic mass is 9.98. The molecule has 2 aromatic rings. The number of rotatable bonds is 0. The maximum Gasteiger partial charge on any atom is -0.00604 e. The largest absolute Gasteiger partial charge is 0.0905 e. The molecule has 2 aliphatic carbocycles. The molecule has 0 heterocycles. The number of allylic oxidation sites excluding steroid dienone is 1. The summed E-state index contributed by atoms with van der Waals surface area (Å²) in [5.41, 5.74) is 10.7. The average Bonchev–Trinajstić information content (AvgIpc) is 2.86. The van der Waals surface area contributed by atoms with Gasteiger partial charge in [-0.2, -0.15) is 0 Å². The first-order valence-corrected chi connectivity index (χ1v) is 6.37. The third-order valence-corrected chi connectivity index (χ3v) is 4.02. The van der Waals surface area contributed by atoms with Gasteiger partial charge in [-0.25, -0.2) is 0 Å². The predicted molar refractivity (Wildman–Crippen MR) is 77.4 cm³/mol. The van der Waals surface area contributed by atoms with Gasteiger partial charge in [0, 0.05) is 0 Å². The van der Waals surface area contributed by atoms with Crippen molar-refractivity contribution < 1.29 is 0 Å². The Labute approximate surface area is 107 Å². The molecular weight excluding hydrogens is 216 g/mol. The zero-order valence-electron chi connectivity index (χ0n) is 10.5. The zero-order chi connectivity index (χ0) is 12.3. The van der Waals surface area contributed by atoms with E-state index in [1.807, 2.05) is 0 Å². The molecule has 0 fully saturated rings. The Kier molecular flexibility index (Phi) is 1.78. The molecule has 0 heteroatoms. The lowest BCUT2D eigenvalue weighted by Gasteiger charge is -2.05. The smallest absolute Gasteiger partial charge is 0.00604 e.